The average Bonchev–Trinajstić information content (AvgIpc) is 3.39. The lowest BCUT2D eigenvalue weighted by Gasteiger charge is -2.11. The minimum Gasteiger partial charge on any atom is -0.462 e. The molecule has 2 N–H and O–H groups in total. The van der Waals surface area contributed by atoms with Crippen LogP contribution in [0.3, 0.4) is 0 Å². The van der Waals surface area contributed by atoms with Gasteiger partial charge in [0.15, 0.2) is 10.9 Å². The van der Waals surface area contributed by atoms with Crippen molar-refractivity contribution in [2.24, 2.45) is 0 Å². The molecule has 0 radical (unpaired) electrons. The number of aromatic nitrogens is 2. The lowest BCUT2D eigenvalue weighted by Crippen LogP contribution is -2.20. The van der Waals surface area contributed by atoms with Gasteiger partial charge < -0.3 is 15.4 Å². The number of benzene rings is 2. The van der Waals surface area contributed by atoms with Crippen LogP contribution in [0.15, 0.2) is 66.9 Å². The van der Waals surface area contributed by atoms with E-state index < -0.39 is 5.97 Å². The number of rotatable bonds is 7. The van der Waals surface area contributed by atoms with E-state index in [1.54, 1.807) is 42.1 Å². The minimum absolute atomic E-state index is 0.267. The van der Waals surface area contributed by atoms with Crippen LogP contribution >= 0.6 is 23.6 Å². The van der Waals surface area contributed by atoms with E-state index in [-0.39, 0.29) is 17.5 Å². The second kappa shape index (κ2) is 10.6. The number of nitrogens with one attached hydrogen (secondary N) is 2. The highest BCUT2D eigenvalue weighted by molar-refractivity contribution is 7.80. The summed E-state index contributed by atoms with van der Waals surface area (Å²) in [6.07, 6.45) is 1.74. The van der Waals surface area contributed by atoms with Gasteiger partial charge in [-0.3, -0.25) is 4.68 Å². The normalized spacial score (nSPS) is 10.7. The SMILES string of the molecule is CCOC(=O)c1c(NC(=S)Nc2ccn(Cc3ccccc3F)n2)sc(C)c1-c1ccccc1. The van der Waals surface area contributed by atoms with Crippen LogP contribution in [0.4, 0.5) is 15.2 Å². The summed E-state index contributed by atoms with van der Waals surface area (Å²) in [7, 11) is 0. The molecule has 0 unspecified atom stereocenters. The second-order valence-corrected chi connectivity index (χ2v) is 9.03. The minimum atomic E-state index is -0.412. The molecular formula is C25H23FN4O2S2. The average molecular weight is 495 g/mol. The van der Waals surface area contributed by atoms with Gasteiger partial charge in [0, 0.05) is 28.3 Å². The number of ether oxygens (including phenoxy) is 1. The molecule has 6 nitrogen and oxygen atoms in total. The number of aryl methyl sites for hydroxylation is 1. The predicted molar refractivity (Wildman–Crippen MR) is 138 cm³/mol. The molecule has 9 heteroatoms. The smallest absolute Gasteiger partial charge is 0.341 e. The topological polar surface area (TPSA) is 68.2 Å². The number of esters is 1. The van der Waals surface area contributed by atoms with Gasteiger partial charge in [0.05, 0.1) is 13.2 Å². The van der Waals surface area contributed by atoms with E-state index in [1.807, 2.05) is 37.3 Å². The molecule has 0 aliphatic heterocycles. The van der Waals surface area contributed by atoms with Crippen molar-refractivity contribution in [1.82, 2.24) is 9.78 Å². The quantitative estimate of drug-likeness (QED) is 0.239. The number of hydrogen-bond donors (Lipinski definition) is 2. The van der Waals surface area contributed by atoms with Crippen molar-refractivity contribution in [3.8, 4) is 11.1 Å². The Morgan fingerprint density at radius 2 is 1.85 bits per heavy atom. The van der Waals surface area contributed by atoms with E-state index in [9.17, 15) is 9.18 Å². The molecule has 2 aromatic carbocycles. The van der Waals surface area contributed by atoms with Crippen molar-refractivity contribution in [3.63, 3.8) is 0 Å². The molecule has 0 amide bonds. The molecule has 0 bridgehead atoms. The van der Waals surface area contributed by atoms with E-state index in [0.717, 1.165) is 16.0 Å². The van der Waals surface area contributed by atoms with Crippen LogP contribution in [0, 0.1) is 12.7 Å². The van der Waals surface area contributed by atoms with Gasteiger partial charge >= 0.3 is 5.97 Å². The molecular weight excluding hydrogens is 471 g/mol. The largest absolute Gasteiger partial charge is 0.462 e. The Hall–Kier alpha value is -3.56. The number of anilines is 2. The Labute approximate surface area is 206 Å². The number of thiocarbonyl (C=S) groups is 1. The summed E-state index contributed by atoms with van der Waals surface area (Å²) < 4.78 is 20.9. The van der Waals surface area contributed by atoms with Crippen molar-refractivity contribution < 1.29 is 13.9 Å². The molecule has 0 fully saturated rings. The highest BCUT2D eigenvalue weighted by Gasteiger charge is 2.25. The molecule has 0 saturated heterocycles. The molecule has 0 saturated carbocycles. The highest BCUT2D eigenvalue weighted by Crippen LogP contribution is 2.40. The molecule has 4 aromatic rings. The van der Waals surface area contributed by atoms with E-state index in [0.29, 0.717) is 28.5 Å². The van der Waals surface area contributed by atoms with Crippen molar-refractivity contribution in [1.29, 1.82) is 0 Å². The maximum atomic E-state index is 13.9. The van der Waals surface area contributed by atoms with Crippen molar-refractivity contribution in [3.05, 3.63) is 88.7 Å². The molecule has 0 atom stereocenters. The first-order valence-corrected chi connectivity index (χ1v) is 11.9. The summed E-state index contributed by atoms with van der Waals surface area (Å²) >= 11 is 6.91. The molecule has 174 valence electrons. The van der Waals surface area contributed by atoms with Gasteiger partial charge in [-0.15, -0.1) is 11.3 Å². The van der Waals surface area contributed by atoms with E-state index in [4.69, 9.17) is 17.0 Å². The molecule has 4 rings (SSSR count). The standard InChI is InChI=1S/C25H23FN4O2S2/c1-3-32-24(31)22-21(17-9-5-4-6-10-17)16(2)34-23(22)28-25(33)27-20-13-14-30(29-20)15-18-11-7-8-12-19(18)26/h4-14H,3,15H2,1-2H3,(H2,27,28,29,33). The van der Waals surface area contributed by atoms with E-state index in [2.05, 4.69) is 15.7 Å². The first-order chi connectivity index (χ1) is 16.5. The summed E-state index contributed by atoms with van der Waals surface area (Å²) in [5.74, 6) is -0.188. The van der Waals surface area contributed by atoms with Gasteiger partial charge in [-0.1, -0.05) is 48.5 Å². The van der Waals surface area contributed by atoms with Gasteiger partial charge in [-0.25, -0.2) is 9.18 Å². The maximum Gasteiger partial charge on any atom is 0.341 e. The van der Waals surface area contributed by atoms with Crippen molar-refractivity contribution in [2.45, 2.75) is 20.4 Å². The van der Waals surface area contributed by atoms with Gasteiger partial charge in [0.25, 0.3) is 0 Å². The van der Waals surface area contributed by atoms with Crippen LogP contribution in [-0.2, 0) is 11.3 Å². The molecule has 0 spiro atoms. The first kappa shape index (κ1) is 23.6. The Bertz CT molecular complexity index is 1320. The molecule has 34 heavy (non-hydrogen) atoms. The number of carbonyl (C=O) groups excluding carboxylic acids is 1. The van der Waals surface area contributed by atoms with Crippen LogP contribution in [0.1, 0.15) is 27.7 Å². The number of hydrogen-bond acceptors (Lipinski definition) is 5. The number of nitrogens with zero attached hydrogens (tertiary/aromatic N) is 2. The van der Waals surface area contributed by atoms with Crippen LogP contribution in [-0.4, -0.2) is 27.5 Å². The highest BCUT2D eigenvalue weighted by atomic mass is 32.1. The predicted octanol–water partition coefficient (Wildman–Crippen LogP) is 6.09. The molecule has 0 aliphatic rings. The van der Waals surface area contributed by atoms with E-state index in [1.165, 1.54) is 17.4 Å². The van der Waals surface area contributed by atoms with Gasteiger partial charge in [-0.2, -0.15) is 5.10 Å². The van der Waals surface area contributed by atoms with Gasteiger partial charge in [0.2, 0.25) is 0 Å². The fourth-order valence-electron chi connectivity index (χ4n) is 3.55. The number of thiophene rings is 1. The summed E-state index contributed by atoms with van der Waals surface area (Å²) in [6, 6.07) is 18.0. The molecule has 0 aliphatic carbocycles. The third kappa shape index (κ3) is 5.32. The van der Waals surface area contributed by atoms with E-state index >= 15 is 0 Å². The zero-order valence-electron chi connectivity index (χ0n) is 18.7. The summed E-state index contributed by atoms with van der Waals surface area (Å²) in [6.45, 7) is 4.30. The zero-order valence-corrected chi connectivity index (χ0v) is 20.3. The zero-order chi connectivity index (χ0) is 24.1. The summed E-state index contributed by atoms with van der Waals surface area (Å²) in [4.78, 5) is 13.8. The lowest BCUT2D eigenvalue weighted by atomic mass is 10.0. The summed E-state index contributed by atoms with van der Waals surface area (Å²) in [5.41, 5.74) is 2.74. The maximum absolute atomic E-state index is 13.9. The monoisotopic (exact) mass is 494 g/mol. The molecule has 2 heterocycles. The fourth-order valence-corrected chi connectivity index (χ4v) is 4.89. The van der Waals surface area contributed by atoms with Gasteiger partial charge in [-0.05, 0) is 37.7 Å². The lowest BCUT2D eigenvalue weighted by molar-refractivity contribution is 0.0529. The fraction of sp³-hybridized carbons (Fsp3) is 0.160. The third-order valence-corrected chi connectivity index (χ3v) is 6.25. The Morgan fingerprint density at radius 3 is 2.59 bits per heavy atom. The van der Waals surface area contributed by atoms with Crippen molar-refractivity contribution >= 4 is 45.5 Å². The van der Waals surface area contributed by atoms with Gasteiger partial charge in [0.1, 0.15) is 16.4 Å². The Morgan fingerprint density at radius 1 is 1.12 bits per heavy atom. The number of carbonyl (C=O) groups is 1. The number of halogens is 1. The van der Waals surface area contributed by atoms with Crippen molar-refractivity contribution in [2.75, 3.05) is 17.2 Å². The van der Waals surface area contributed by atoms with Crippen LogP contribution in [0.2, 0.25) is 0 Å². The summed E-state index contributed by atoms with van der Waals surface area (Å²) in [5, 5.41) is 11.4. The Kier molecular flexibility index (Phi) is 7.34. The van der Waals surface area contributed by atoms with Crippen LogP contribution < -0.4 is 10.6 Å². The Balaban J connectivity index is 1.53. The molecule has 2 aromatic heterocycles. The second-order valence-electron chi connectivity index (χ2n) is 7.39. The van der Waals surface area contributed by atoms with Crippen LogP contribution in [0.25, 0.3) is 11.1 Å². The first-order valence-electron chi connectivity index (χ1n) is 10.7. The van der Waals surface area contributed by atoms with Crippen LogP contribution in [0.5, 0.6) is 0 Å². The third-order valence-electron chi connectivity index (χ3n) is 5.03.